The Balaban J connectivity index is 1.78. The summed E-state index contributed by atoms with van der Waals surface area (Å²) < 4.78 is 13.3. The van der Waals surface area contributed by atoms with Gasteiger partial charge in [-0.2, -0.15) is 0 Å². The molecule has 0 saturated carbocycles. The maximum atomic E-state index is 13.3. The molecule has 0 spiro atoms. The summed E-state index contributed by atoms with van der Waals surface area (Å²) in [7, 11) is 0. The smallest absolute Gasteiger partial charge is 0.228 e. The van der Waals surface area contributed by atoms with E-state index in [9.17, 15) is 9.18 Å². The van der Waals surface area contributed by atoms with Gasteiger partial charge in [0.05, 0.1) is 5.92 Å². The lowest BCUT2D eigenvalue weighted by Gasteiger charge is -2.26. The quantitative estimate of drug-likeness (QED) is 0.877. The van der Waals surface area contributed by atoms with E-state index in [0.29, 0.717) is 6.42 Å². The van der Waals surface area contributed by atoms with E-state index in [1.54, 1.807) is 12.1 Å². The average molecular weight is 340 g/mol. The van der Waals surface area contributed by atoms with Gasteiger partial charge in [0, 0.05) is 6.04 Å². The Morgan fingerprint density at radius 2 is 1.76 bits per heavy atom. The van der Waals surface area contributed by atoms with Gasteiger partial charge < -0.3 is 10.6 Å². The number of aryl methyl sites for hydroxylation is 1. The molecule has 1 aliphatic heterocycles. The third-order valence-electron chi connectivity index (χ3n) is 4.83. The summed E-state index contributed by atoms with van der Waals surface area (Å²) in [6.07, 6.45) is 2.52. The third kappa shape index (κ3) is 4.89. The molecule has 1 amide bonds. The summed E-state index contributed by atoms with van der Waals surface area (Å²) in [4.78, 5) is 12.9. The molecule has 132 valence electrons. The van der Waals surface area contributed by atoms with E-state index in [0.717, 1.165) is 37.1 Å². The summed E-state index contributed by atoms with van der Waals surface area (Å²) in [5.41, 5.74) is 3.16. The number of halogens is 1. The van der Waals surface area contributed by atoms with Crippen molar-refractivity contribution in [1.29, 1.82) is 0 Å². The maximum Gasteiger partial charge on any atom is 0.228 e. The molecule has 2 N–H and O–H groups in total. The summed E-state index contributed by atoms with van der Waals surface area (Å²) in [6, 6.07) is 14.7. The van der Waals surface area contributed by atoms with Gasteiger partial charge in [0.25, 0.3) is 0 Å². The second-order valence-corrected chi connectivity index (χ2v) is 6.83. The highest BCUT2D eigenvalue weighted by molar-refractivity contribution is 5.84. The van der Waals surface area contributed by atoms with Crippen LogP contribution in [-0.4, -0.2) is 25.0 Å². The van der Waals surface area contributed by atoms with Crippen molar-refractivity contribution in [3.05, 3.63) is 71.0 Å². The predicted molar refractivity (Wildman–Crippen MR) is 98.1 cm³/mol. The molecule has 3 rings (SSSR count). The number of carbonyl (C=O) groups excluding carboxylic acids is 1. The predicted octanol–water partition coefficient (Wildman–Crippen LogP) is 3.33. The van der Waals surface area contributed by atoms with Crippen molar-refractivity contribution in [2.75, 3.05) is 13.1 Å². The largest absolute Gasteiger partial charge is 0.353 e. The van der Waals surface area contributed by atoms with Gasteiger partial charge in [0.2, 0.25) is 5.91 Å². The van der Waals surface area contributed by atoms with Crippen LogP contribution in [0.4, 0.5) is 4.39 Å². The average Bonchev–Trinajstić information content (AvgIpc) is 2.63. The van der Waals surface area contributed by atoms with Crippen LogP contribution in [0.1, 0.15) is 35.4 Å². The van der Waals surface area contributed by atoms with E-state index in [1.165, 1.54) is 17.7 Å². The SMILES string of the molecule is Cc1ccc(CC(C(=O)NC2CCNCC2)c2ccc(F)cc2)cc1. The van der Waals surface area contributed by atoms with Gasteiger partial charge in [-0.05, 0) is 62.5 Å². The maximum absolute atomic E-state index is 13.3. The second kappa shape index (κ2) is 8.26. The highest BCUT2D eigenvalue weighted by Gasteiger charge is 2.24. The fraction of sp³-hybridized carbons (Fsp3) is 0.381. The molecule has 2 aromatic rings. The van der Waals surface area contributed by atoms with E-state index in [4.69, 9.17) is 0 Å². The molecule has 0 aliphatic carbocycles. The lowest BCUT2D eigenvalue weighted by atomic mass is 9.90. The van der Waals surface area contributed by atoms with Crippen LogP contribution in [0, 0.1) is 12.7 Å². The molecule has 0 aromatic heterocycles. The van der Waals surface area contributed by atoms with Crippen LogP contribution in [0.2, 0.25) is 0 Å². The molecule has 2 aromatic carbocycles. The number of amides is 1. The number of rotatable bonds is 5. The molecule has 1 unspecified atom stereocenters. The molecule has 25 heavy (non-hydrogen) atoms. The fourth-order valence-corrected chi connectivity index (χ4v) is 3.28. The van der Waals surface area contributed by atoms with Gasteiger partial charge in [-0.25, -0.2) is 4.39 Å². The monoisotopic (exact) mass is 340 g/mol. The number of benzene rings is 2. The van der Waals surface area contributed by atoms with Crippen LogP contribution in [0.15, 0.2) is 48.5 Å². The minimum absolute atomic E-state index is 0.0269. The minimum Gasteiger partial charge on any atom is -0.353 e. The summed E-state index contributed by atoms with van der Waals surface area (Å²) >= 11 is 0. The number of hydrogen-bond donors (Lipinski definition) is 2. The Bertz CT molecular complexity index is 691. The second-order valence-electron chi connectivity index (χ2n) is 6.83. The summed E-state index contributed by atoms with van der Waals surface area (Å²) in [6.45, 7) is 3.92. The van der Waals surface area contributed by atoms with Crippen LogP contribution in [0.25, 0.3) is 0 Å². The van der Waals surface area contributed by atoms with Crippen LogP contribution in [-0.2, 0) is 11.2 Å². The van der Waals surface area contributed by atoms with Gasteiger partial charge in [0.15, 0.2) is 0 Å². The molecule has 1 saturated heterocycles. The van der Waals surface area contributed by atoms with Gasteiger partial charge in [-0.1, -0.05) is 42.0 Å². The molecule has 4 heteroatoms. The zero-order valence-corrected chi connectivity index (χ0v) is 14.6. The molecular weight excluding hydrogens is 315 g/mol. The van der Waals surface area contributed by atoms with Crippen LogP contribution in [0.3, 0.4) is 0 Å². The number of nitrogens with one attached hydrogen (secondary N) is 2. The van der Waals surface area contributed by atoms with E-state index >= 15 is 0 Å². The Labute approximate surface area is 148 Å². The zero-order chi connectivity index (χ0) is 17.6. The van der Waals surface area contributed by atoms with E-state index in [-0.39, 0.29) is 23.7 Å². The molecule has 1 heterocycles. The van der Waals surface area contributed by atoms with Crippen LogP contribution in [0.5, 0.6) is 0 Å². The van der Waals surface area contributed by atoms with E-state index in [2.05, 4.69) is 34.9 Å². The van der Waals surface area contributed by atoms with Crippen molar-refractivity contribution in [1.82, 2.24) is 10.6 Å². The van der Waals surface area contributed by atoms with Crippen molar-refractivity contribution < 1.29 is 9.18 Å². The zero-order valence-electron chi connectivity index (χ0n) is 14.6. The number of piperidine rings is 1. The third-order valence-corrected chi connectivity index (χ3v) is 4.83. The van der Waals surface area contributed by atoms with E-state index < -0.39 is 0 Å². The number of hydrogen-bond acceptors (Lipinski definition) is 2. The molecule has 0 radical (unpaired) electrons. The molecule has 1 atom stereocenters. The van der Waals surface area contributed by atoms with Gasteiger partial charge in [0.1, 0.15) is 5.82 Å². The van der Waals surface area contributed by atoms with Crippen molar-refractivity contribution in [3.63, 3.8) is 0 Å². The van der Waals surface area contributed by atoms with Gasteiger partial charge in [-0.3, -0.25) is 4.79 Å². The molecule has 1 fully saturated rings. The standard InChI is InChI=1S/C21H25FN2O/c1-15-2-4-16(5-3-15)14-20(17-6-8-18(22)9-7-17)21(25)24-19-10-12-23-13-11-19/h2-9,19-20,23H,10-14H2,1H3,(H,24,25). The van der Waals surface area contributed by atoms with Crippen molar-refractivity contribution in [2.45, 2.75) is 38.1 Å². The van der Waals surface area contributed by atoms with Crippen molar-refractivity contribution >= 4 is 5.91 Å². The van der Waals surface area contributed by atoms with Crippen LogP contribution < -0.4 is 10.6 Å². The lowest BCUT2D eigenvalue weighted by Crippen LogP contribution is -2.44. The Kier molecular flexibility index (Phi) is 5.82. The molecule has 1 aliphatic rings. The molecule has 3 nitrogen and oxygen atoms in total. The van der Waals surface area contributed by atoms with Gasteiger partial charge in [-0.15, -0.1) is 0 Å². The highest BCUT2D eigenvalue weighted by Crippen LogP contribution is 2.23. The number of carbonyl (C=O) groups is 1. The summed E-state index contributed by atoms with van der Waals surface area (Å²) in [5, 5.41) is 6.50. The molecule has 0 bridgehead atoms. The fourth-order valence-electron chi connectivity index (χ4n) is 3.28. The normalized spacial score (nSPS) is 16.4. The first-order valence-electron chi connectivity index (χ1n) is 8.94. The first-order chi connectivity index (χ1) is 12.1. The Hall–Kier alpha value is -2.20. The topological polar surface area (TPSA) is 41.1 Å². The van der Waals surface area contributed by atoms with Crippen LogP contribution >= 0.6 is 0 Å². The van der Waals surface area contributed by atoms with Gasteiger partial charge >= 0.3 is 0 Å². The lowest BCUT2D eigenvalue weighted by molar-refractivity contribution is -0.123. The van der Waals surface area contributed by atoms with Crippen molar-refractivity contribution in [2.24, 2.45) is 0 Å². The van der Waals surface area contributed by atoms with Crippen molar-refractivity contribution in [3.8, 4) is 0 Å². The minimum atomic E-state index is -0.307. The first-order valence-corrected chi connectivity index (χ1v) is 8.94. The first kappa shape index (κ1) is 17.6. The molecular formula is C21H25FN2O. The Morgan fingerprint density at radius 3 is 2.40 bits per heavy atom. The summed E-state index contributed by atoms with van der Waals surface area (Å²) in [5.74, 6) is -0.561. The highest BCUT2D eigenvalue weighted by atomic mass is 19.1. The van der Waals surface area contributed by atoms with E-state index in [1.807, 2.05) is 6.92 Å². The Morgan fingerprint density at radius 1 is 1.12 bits per heavy atom.